The Morgan fingerprint density at radius 2 is 2.12 bits per heavy atom. The molecular weight excluding hydrogens is 334 g/mol. The minimum absolute atomic E-state index is 0.126. The summed E-state index contributed by atoms with van der Waals surface area (Å²) >= 11 is 1.71. The van der Waals surface area contributed by atoms with Crippen LogP contribution in [0.5, 0.6) is 0 Å². The third kappa shape index (κ3) is 4.41. The number of aromatic nitrogens is 1. The molecule has 0 radical (unpaired) electrons. The standard InChI is InChI=1S/C19H23N3O2S/c1-24-10-5-9-20-19(23)22-13-16(18-8-4-11-25-18)15-12-21-17-7-3-2-6-14(15)17/h2-4,6-8,11-12,16,21H,5,9-10,13H2,1H3,(H2,20,22,23)/t16-/m1/s1. The van der Waals surface area contributed by atoms with Gasteiger partial charge < -0.3 is 20.4 Å². The average molecular weight is 357 g/mol. The molecule has 0 saturated carbocycles. The number of H-pyrrole nitrogens is 1. The number of benzene rings is 1. The maximum Gasteiger partial charge on any atom is 0.314 e. The van der Waals surface area contributed by atoms with Crippen molar-refractivity contribution >= 4 is 28.3 Å². The summed E-state index contributed by atoms with van der Waals surface area (Å²) < 4.78 is 4.99. The molecule has 0 spiro atoms. The van der Waals surface area contributed by atoms with Crippen LogP contribution in [0.15, 0.2) is 48.0 Å². The van der Waals surface area contributed by atoms with Crippen molar-refractivity contribution in [3.8, 4) is 0 Å². The molecule has 0 fully saturated rings. The normalized spacial score (nSPS) is 12.2. The van der Waals surface area contributed by atoms with E-state index in [1.54, 1.807) is 18.4 Å². The zero-order valence-corrected chi connectivity index (χ0v) is 15.1. The highest BCUT2D eigenvalue weighted by Crippen LogP contribution is 2.32. The Labute approximate surface area is 151 Å². The first-order valence-electron chi connectivity index (χ1n) is 8.39. The third-order valence-electron chi connectivity index (χ3n) is 4.16. The molecule has 0 bridgehead atoms. The molecule has 0 aliphatic heterocycles. The molecule has 2 amide bonds. The van der Waals surface area contributed by atoms with E-state index in [0.29, 0.717) is 19.7 Å². The summed E-state index contributed by atoms with van der Waals surface area (Å²) in [6.45, 7) is 1.81. The van der Waals surface area contributed by atoms with E-state index in [2.05, 4.69) is 39.2 Å². The van der Waals surface area contributed by atoms with Gasteiger partial charge in [0.1, 0.15) is 0 Å². The van der Waals surface area contributed by atoms with Crippen LogP contribution >= 0.6 is 11.3 Å². The molecule has 0 aliphatic carbocycles. The average Bonchev–Trinajstić information content (AvgIpc) is 3.30. The lowest BCUT2D eigenvalue weighted by Crippen LogP contribution is -2.38. The Morgan fingerprint density at radius 3 is 2.92 bits per heavy atom. The van der Waals surface area contributed by atoms with Gasteiger partial charge in [0.25, 0.3) is 0 Å². The lowest BCUT2D eigenvalue weighted by Gasteiger charge is -2.16. The van der Waals surface area contributed by atoms with Crippen molar-refractivity contribution in [1.82, 2.24) is 15.6 Å². The Morgan fingerprint density at radius 1 is 1.24 bits per heavy atom. The molecule has 6 heteroatoms. The van der Waals surface area contributed by atoms with Crippen molar-refractivity contribution in [2.24, 2.45) is 0 Å². The number of amides is 2. The highest BCUT2D eigenvalue weighted by Gasteiger charge is 2.19. The number of nitrogens with one attached hydrogen (secondary N) is 3. The molecule has 3 rings (SSSR count). The van der Waals surface area contributed by atoms with Gasteiger partial charge in [-0.3, -0.25) is 0 Å². The molecule has 3 aromatic rings. The van der Waals surface area contributed by atoms with Crippen LogP contribution in [0.1, 0.15) is 22.8 Å². The number of fused-ring (bicyclic) bond motifs is 1. The number of hydrogen-bond acceptors (Lipinski definition) is 3. The number of rotatable bonds is 8. The molecule has 0 unspecified atom stereocenters. The van der Waals surface area contributed by atoms with Crippen molar-refractivity contribution in [3.63, 3.8) is 0 Å². The van der Waals surface area contributed by atoms with Crippen molar-refractivity contribution in [2.45, 2.75) is 12.3 Å². The van der Waals surface area contributed by atoms with E-state index >= 15 is 0 Å². The number of hydrogen-bond donors (Lipinski definition) is 3. The SMILES string of the molecule is COCCCNC(=O)NC[C@@H](c1cccs1)c1c[nH]c2ccccc12. The minimum Gasteiger partial charge on any atom is -0.385 e. The van der Waals surface area contributed by atoms with E-state index < -0.39 is 0 Å². The third-order valence-corrected chi connectivity index (χ3v) is 5.15. The van der Waals surface area contributed by atoms with Crippen LogP contribution in [0, 0.1) is 0 Å². The lowest BCUT2D eigenvalue weighted by molar-refractivity contribution is 0.193. The first kappa shape index (κ1) is 17.5. The Balaban J connectivity index is 1.70. The fourth-order valence-electron chi connectivity index (χ4n) is 2.91. The molecule has 0 saturated heterocycles. The second-order valence-corrected chi connectivity index (χ2v) is 6.82. The number of urea groups is 1. The summed E-state index contributed by atoms with van der Waals surface area (Å²) in [5.41, 5.74) is 2.32. The molecule has 3 N–H and O–H groups in total. The molecule has 2 heterocycles. The fraction of sp³-hybridized carbons (Fsp3) is 0.316. The Bertz CT molecular complexity index is 798. The van der Waals surface area contributed by atoms with E-state index in [1.807, 2.05) is 24.4 Å². The Kier molecular flexibility index (Phi) is 6.09. The number of para-hydroxylation sites is 1. The van der Waals surface area contributed by atoms with Crippen LogP contribution in [0.3, 0.4) is 0 Å². The van der Waals surface area contributed by atoms with Gasteiger partial charge in [-0.2, -0.15) is 0 Å². The number of carbonyl (C=O) groups is 1. The number of methoxy groups -OCH3 is 1. The van der Waals surface area contributed by atoms with Gasteiger partial charge >= 0.3 is 6.03 Å². The highest BCUT2D eigenvalue weighted by atomic mass is 32.1. The van der Waals surface area contributed by atoms with E-state index in [9.17, 15) is 4.79 Å². The number of thiophene rings is 1. The number of carbonyl (C=O) groups excluding carboxylic acids is 1. The van der Waals surface area contributed by atoms with E-state index in [4.69, 9.17) is 4.74 Å². The fourth-order valence-corrected chi connectivity index (χ4v) is 3.76. The van der Waals surface area contributed by atoms with Crippen molar-refractivity contribution in [2.75, 3.05) is 26.8 Å². The second kappa shape index (κ2) is 8.69. The predicted molar refractivity (Wildman–Crippen MR) is 102 cm³/mol. The van der Waals surface area contributed by atoms with E-state index in [0.717, 1.165) is 11.9 Å². The van der Waals surface area contributed by atoms with Crippen molar-refractivity contribution in [1.29, 1.82) is 0 Å². The van der Waals surface area contributed by atoms with Gasteiger partial charge in [0.05, 0.1) is 0 Å². The summed E-state index contributed by atoms with van der Waals surface area (Å²) in [6, 6.07) is 12.3. The second-order valence-electron chi connectivity index (χ2n) is 5.84. The zero-order valence-electron chi connectivity index (χ0n) is 14.2. The van der Waals surface area contributed by atoms with Gasteiger partial charge in [0.15, 0.2) is 0 Å². The van der Waals surface area contributed by atoms with E-state index in [1.165, 1.54) is 15.8 Å². The van der Waals surface area contributed by atoms with Crippen LogP contribution in [0.2, 0.25) is 0 Å². The summed E-state index contributed by atoms with van der Waals surface area (Å²) in [5, 5.41) is 9.14. The monoisotopic (exact) mass is 357 g/mol. The quantitative estimate of drug-likeness (QED) is 0.538. The van der Waals surface area contributed by atoms with Gasteiger partial charge in [-0.15, -0.1) is 11.3 Å². The zero-order chi connectivity index (χ0) is 17.5. The molecule has 132 valence electrons. The smallest absolute Gasteiger partial charge is 0.314 e. The molecule has 25 heavy (non-hydrogen) atoms. The molecule has 1 aromatic carbocycles. The first-order valence-corrected chi connectivity index (χ1v) is 9.27. The number of ether oxygens (including phenoxy) is 1. The lowest BCUT2D eigenvalue weighted by atomic mass is 9.97. The molecule has 2 aromatic heterocycles. The van der Waals surface area contributed by atoms with Gasteiger partial charge in [-0.1, -0.05) is 24.3 Å². The summed E-state index contributed by atoms with van der Waals surface area (Å²) in [4.78, 5) is 16.6. The highest BCUT2D eigenvalue weighted by molar-refractivity contribution is 7.10. The summed E-state index contributed by atoms with van der Waals surface area (Å²) in [7, 11) is 1.66. The van der Waals surface area contributed by atoms with Crippen LogP contribution in [-0.4, -0.2) is 37.8 Å². The molecule has 5 nitrogen and oxygen atoms in total. The first-order chi connectivity index (χ1) is 12.3. The summed E-state index contributed by atoms with van der Waals surface area (Å²) in [6.07, 6.45) is 2.86. The van der Waals surface area contributed by atoms with E-state index in [-0.39, 0.29) is 11.9 Å². The van der Waals surface area contributed by atoms with Crippen molar-refractivity contribution < 1.29 is 9.53 Å². The van der Waals surface area contributed by atoms with Gasteiger partial charge in [0.2, 0.25) is 0 Å². The van der Waals surface area contributed by atoms with Gasteiger partial charge in [-0.25, -0.2) is 4.79 Å². The molecule has 1 atom stereocenters. The predicted octanol–water partition coefficient (Wildman–Crippen LogP) is 3.70. The van der Waals surface area contributed by atoms with Crippen LogP contribution in [0.25, 0.3) is 10.9 Å². The Hall–Kier alpha value is -2.31. The minimum atomic E-state index is -0.141. The molecular formula is C19H23N3O2S. The largest absolute Gasteiger partial charge is 0.385 e. The maximum atomic E-state index is 12.0. The van der Waals surface area contributed by atoms with Gasteiger partial charge in [-0.05, 0) is 29.5 Å². The van der Waals surface area contributed by atoms with Crippen LogP contribution in [-0.2, 0) is 4.74 Å². The summed E-state index contributed by atoms with van der Waals surface area (Å²) in [5.74, 6) is 0.126. The number of aromatic amines is 1. The van der Waals surface area contributed by atoms with Crippen molar-refractivity contribution in [3.05, 3.63) is 58.4 Å². The van der Waals surface area contributed by atoms with Crippen LogP contribution < -0.4 is 10.6 Å². The van der Waals surface area contributed by atoms with Gasteiger partial charge in [0, 0.05) is 54.7 Å². The van der Waals surface area contributed by atoms with Crippen LogP contribution in [0.4, 0.5) is 4.79 Å². The maximum absolute atomic E-state index is 12.0. The molecule has 0 aliphatic rings. The topological polar surface area (TPSA) is 66.2 Å².